The molecule has 1 unspecified atom stereocenters. The number of thioether (sulfide) groups is 1. The molecule has 0 aromatic heterocycles. The number of rotatable bonds is 2. The molecule has 2 rings (SSSR count). The van der Waals surface area contributed by atoms with Gasteiger partial charge in [-0.15, -0.1) is 11.8 Å². The Hall–Kier alpha value is -1.22. The van der Waals surface area contributed by atoms with Crippen LogP contribution in [0.5, 0.6) is 0 Å². The molecule has 0 spiro atoms. The predicted molar refractivity (Wildman–Crippen MR) is 73.9 cm³/mol. The third kappa shape index (κ3) is 2.91. The Labute approximate surface area is 107 Å². The monoisotopic (exact) mass is 250 g/mol. The van der Waals surface area contributed by atoms with E-state index >= 15 is 0 Å². The molecule has 0 N–H and O–H groups in total. The highest BCUT2D eigenvalue weighted by Gasteiger charge is 2.25. The van der Waals surface area contributed by atoms with Crippen molar-refractivity contribution in [2.45, 2.75) is 26.5 Å². The molecule has 0 aliphatic carbocycles. The van der Waals surface area contributed by atoms with Gasteiger partial charge in [0.15, 0.2) is 0 Å². The van der Waals surface area contributed by atoms with Crippen LogP contribution in [-0.2, 0) is 9.53 Å². The second-order valence-corrected chi connectivity index (χ2v) is 4.72. The number of carbonyl (C=O) groups excluding carboxylic acids is 1. The van der Waals surface area contributed by atoms with Gasteiger partial charge in [0.25, 0.3) is 0 Å². The Morgan fingerprint density at radius 2 is 2.24 bits per heavy atom. The van der Waals surface area contributed by atoms with Crippen LogP contribution in [0.15, 0.2) is 23.6 Å². The summed E-state index contributed by atoms with van der Waals surface area (Å²) in [6.45, 7) is 4.31. The zero-order chi connectivity index (χ0) is 11.5. The molecule has 1 aromatic carbocycles. The van der Waals surface area contributed by atoms with Gasteiger partial charge in [0, 0.05) is 0 Å². The zero-order valence-corrected chi connectivity index (χ0v) is 10.2. The molecule has 1 aromatic rings. The van der Waals surface area contributed by atoms with E-state index in [1.807, 2.05) is 30.5 Å². The van der Waals surface area contributed by atoms with E-state index in [9.17, 15) is 4.79 Å². The van der Waals surface area contributed by atoms with Crippen molar-refractivity contribution in [2.24, 2.45) is 0 Å². The van der Waals surface area contributed by atoms with Gasteiger partial charge in [-0.3, -0.25) is 4.79 Å². The van der Waals surface area contributed by atoms with Crippen LogP contribution in [0.4, 0.5) is 0 Å². The van der Waals surface area contributed by atoms with Gasteiger partial charge in [0.05, 0.1) is 6.61 Å². The van der Waals surface area contributed by atoms with Gasteiger partial charge in [-0.25, -0.2) is 0 Å². The lowest BCUT2D eigenvalue weighted by molar-refractivity contribution is -0.142. The van der Waals surface area contributed by atoms with Gasteiger partial charge in [-0.05, 0) is 36.5 Å². The van der Waals surface area contributed by atoms with Gasteiger partial charge in [-0.2, -0.15) is 0 Å². The Balaban J connectivity index is 0.00000144. The number of ether oxygens (including phenoxy) is 1. The highest BCUT2D eigenvalue weighted by Crippen LogP contribution is 2.38. The standard InChI is InChI=1S/C13H14O2S.CH4/c1-3-15-13(14)12-11-5-4-9(2)8-10(11)6-7-16-12;/h4-8,12H,3H2,1-2H3;1H4. The number of carbonyl (C=O) groups is 1. The van der Waals surface area contributed by atoms with E-state index in [-0.39, 0.29) is 18.6 Å². The molecule has 92 valence electrons. The van der Waals surface area contributed by atoms with Crippen molar-refractivity contribution >= 4 is 23.8 Å². The first kappa shape index (κ1) is 13.8. The van der Waals surface area contributed by atoms with E-state index in [2.05, 4.69) is 13.0 Å². The topological polar surface area (TPSA) is 26.3 Å². The maximum Gasteiger partial charge on any atom is 0.323 e. The molecule has 1 atom stereocenters. The van der Waals surface area contributed by atoms with Crippen molar-refractivity contribution in [3.05, 3.63) is 40.3 Å². The Morgan fingerprint density at radius 3 is 2.94 bits per heavy atom. The van der Waals surface area contributed by atoms with Crippen LogP contribution in [-0.4, -0.2) is 12.6 Å². The molecule has 0 amide bonds. The molecule has 0 radical (unpaired) electrons. The summed E-state index contributed by atoms with van der Waals surface area (Å²) in [4.78, 5) is 11.8. The summed E-state index contributed by atoms with van der Waals surface area (Å²) in [5, 5.41) is 1.75. The summed E-state index contributed by atoms with van der Waals surface area (Å²) in [6.07, 6.45) is 2.04. The predicted octanol–water partition coefficient (Wildman–Crippen LogP) is 3.95. The first-order chi connectivity index (χ1) is 7.72. The van der Waals surface area contributed by atoms with E-state index in [0.29, 0.717) is 6.61 Å². The molecule has 1 heterocycles. The smallest absolute Gasteiger partial charge is 0.323 e. The van der Waals surface area contributed by atoms with Gasteiger partial charge in [0.2, 0.25) is 0 Å². The molecule has 0 saturated heterocycles. The van der Waals surface area contributed by atoms with Crippen molar-refractivity contribution in [1.82, 2.24) is 0 Å². The van der Waals surface area contributed by atoms with Gasteiger partial charge < -0.3 is 4.74 Å². The Kier molecular flexibility index (Phi) is 4.82. The highest BCUT2D eigenvalue weighted by molar-refractivity contribution is 8.03. The number of hydrogen-bond acceptors (Lipinski definition) is 3. The molecule has 0 fully saturated rings. The molecule has 17 heavy (non-hydrogen) atoms. The first-order valence-corrected chi connectivity index (χ1v) is 6.26. The second kappa shape index (κ2) is 5.92. The molecular formula is C14H18O2S. The molecule has 2 nitrogen and oxygen atoms in total. The summed E-state index contributed by atoms with van der Waals surface area (Å²) in [7, 11) is 0. The van der Waals surface area contributed by atoms with Crippen LogP contribution < -0.4 is 0 Å². The lowest BCUT2D eigenvalue weighted by atomic mass is 10.0. The first-order valence-electron chi connectivity index (χ1n) is 5.31. The van der Waals surface area contributed by atoms with Crippen molar-refractivity contribution in [3.63, 3.8) is 0 Å². The van der Waals surface area contributed by atoms with E-state index in [1.165, 1.54) is 17.3 Å². The fraction of sp³-hybridized carbons (Fsp3) is 0.357. The molecular weight excluding hydrogens is 232 g/mol. The summed E-state index contributed by atoms with van der Waals surface area (Å²) in [6, 6.07) is 6.14. The molecule has 1 aliphatic heterocycles. The summed E-state index contributed by atoms with van der Waals surface area (Å²) < 4.78 is 5.07. The maximum atomic E-state index is 11.8. The van der Waals surface area contributed by atoms with Crippen LogP contribution in [0.25, 0.3) is 6.08 Å². The van der Waals surface area contributed by atoms with Crippen molar-refractivity contribution in [3.8, 4) is 0 Å². The summed E-state index contributed by atoms with van der Waals surface area (Å²) >= 11 is 1.50. The minimum atomic E-state index is -0.208. The van der Waals surface area contributed by atoms with Crippen LogP contribution in [0, 0.1) is 6.92 Å². The van der Waals surface area contributed by atoms with Crippen LogP contribution in [0.2, 0.25) is 0 Å². The molecule has 0 saturated carbocycles. The van der Waals surface area contributed by atoms with Crippen LogP contribution in [0.1, 0.15) is 36.3 Å². The van der Waals surface area contributed by atoms with Gasteiger partial charge in [0.1, 0.15) is 5.25 Å². The lowest BCUT2D eigenvalue weighted by Crippen LogP contribution is -2.15. The maximum absolute atomic E-state index is 11.8. The minimum absolute atomic E-state index is 0. The number of aryl methyl sites for hydroxylation is 1. The molecule has 0 bridgehead atoms. The van der Waals surface area contributed by atoms with Crippen molar-refractivity contribution in [1.29, 1.82) is 0 Å². The van der Waals surface area contributed by atoms with E-state index in [0.717, 1.165) is 11.1 Å². The Bertz CT molecular complexity index is 438. The quantitative estimate of drug-likeness (QED) is 0.743. The minimum Gasteiger partial charge on any atom is -0.465 e. The summed E-state index contributed by atoms with van der Waals surface area (Å²) in [5.41, 5.74) is 3.38. The van der Waals surface area contributed by atoms with E-state index in [1.54, 1.807) is 0 Å². The van der Waals surface area contributed by atoms with Gasteiger partial charge in [-0.1, -0.05) is 31.2 Å². The van der Waals surface area contributed by atoms with Crippen LogP contribution in [0.3, 0.4) is 0 Å². The van der Waals surface area contributed by atoms with E-state index in [4.69, 9.17) is 4.74 Å². The van der Waals surface area contributed by atoms with Gasteiger partial charge >= 0.3 is 5.97 Å². The molecule has 3 heteroatoms. The second-order valence-electron chi connectivity index (χ2n) is 3.70. The fourth-order valence-electron chi connectivity index (χ4n) is 1.74. The van der Waals surface area contributed by atoms with Crippen LogP contribution >= 0.6 is 11.8 Å². The highest BCUT2D eigenvalue weighted by atomic mass is 32.2. The normalized spacial score (nSPS) is 16.9. The number of fused-ring (bicyclic) bond motifs is 1. The SMILES string of the molecule is C.CCOC(=O)C1SC=Cc2cc(C)ccc21. The third-order valence-corrected chi connectivity index (χ3v) is 3.50. The fourth-order valence-corrected chi connectivity index (χ4v) is 2.66. The average molecular weight is 250 g/mol. The summed E-state index contributed by atoms with van der Waals surface area (Å²) in [5.74, 6) is -0.151. The average Bonchev–Trinajstić information content (AvgIpc) is 2.28. The zero-order valence-electron chi connectivity index (χ0n) is 9.40. The van der Waals surface area contributed by atoms with E-state index < -0.39 is 0 Å². The molecule has 1 aliphatic rings. The number of benzene rings is 1. The Morgan fingerprint density at radius 1 is 1.47 bits per heavy atom. The van der Waals surface area contributed by atoms with Crippen molar-refractivity contribution in [2.75, 3.05) is 6.61 Å². The largest absolute Gasteiger partial charge is 0.465 e. The number of hydrogen-bond donors (Lipinski definition) is 0. The lowest BCUT2D eigenvalue weighted by Gasteiger charge is -2.19. The van der Waals surface area contributed by atoms with Crippen molar-refractivity contribution < 1.29 is 9.53 Å². The number of esters is 1. The third-order valence-electron chi connectivity index (χ3n) is 2.49.